The van der Waals surface area contributed by atoms with Gasteiger partial charge in [-0.3, -0.25) is 4.79 Å². The molecule has 13 heteroatoms. The first-order valence-corrected chi connectivity index (χ1v) is 17.3. The van der Waals surface area contributed by atoms with Crippen LogP contribution in [0.1, 0.15) is 79.0 Å². The van der Waals surface area contributed by atoms with Gasteiger partial charge in [-0.1, -0.05) is 13.0 Å². The first-order chi connectivity index (χ1) is 24.9. The third-order valence-electron chi connectivity index (χ3n) is 8.34. The molecule has 0 saturated carbocycles. The molecule has 2 aromatic rings. The number of carbonyl (C=O) groups is 1. The van der Waals surface area contributed by atoms with Gasteiger partial charge in [0.15, 0.2) is 17.6 Å². The zero-order valence-electron chi connectivity index (χ0n) is 32.0. The number of methoxy groups -OCH3 is 3. The fraction of sp³-hybridized carbons (Fsp3) is 0.513. The van der Waals surface area contributed by atoms with Crippen molar-refractivity contribution in [2.75, 3.05) is 27.9 Å². The Kier molecular flexibility index (Phi) is 14.6. The maximum absolute atomic E-state index is 12.5. The Bertz CT molecular complexity index is 1610. The van der Waals surface area contributed by atoms with Gasteiger partial charge < -0.3 is 43.7 Å². The molecule has 0 unspecified atom stereocenters. The lowest BCUT2D eigenvalue weighted by atomic mass is 9.92. The molecule has 6 atom stereocenters. The van der Waals surface area contributed by atoms with E-state index in [0.29, 0.717) is 35.8 Å². The highest BCUT2D eigenvalue weighted by atomic mass is 17.2. The van der Waals surface area contributed by atoms with E-state index in [9.17, 15) is 4.79 Å². The van der Waals surface area contributed by atoms with Crippen LogP contribution in [-0.4, -0.2) is 58.4 Å². The van der Waals surface area contributed by atoms with Crippen molar-refractivity contribution in [1.29, 1.82) is 0 Å². The number of hydrogen-bond donors (Lipinski definition) is 1. The zero-order valence-corrected chi connectivity index (χ0v) is 32.0. The molecule has 4 rings (SSSR count). The number of allylic oxidation sites excluding steroid dienone is 3. The van der Waals surface area contributed by atoms with E-state index in [4.69, 9.17) is 53.0 Å². The average molecular weight is 728 g/mol. The highest BCUT2D eigenvalue weighted by Gasteiger charge is 2.49. The Hall–Kier alpha value is -4.43. The molecule has 0 spiro atoms. The van der Waals surface area contributed by atoms with Crippen molar-refractivity contribution in [2.24, 2.45) is 5.92 Å². The number of nitrogens with one attached hydrogen (secondary N) is 1. The van der Waals surface area contributed by atoms with Crippen molar-refractivity contribution in [3.8, 4) is 34.1 Å². The Morgan fingerprint density at radius 2 is 1.46 bits per heavy atom. The molecule has 1 saturated heterocycles. The Morgan fingerprint density at radius 1 is 0.827 bits per heavy atom. The summed E-state index contributed by atoms with van der Waals surface area (Å²) in [6, 6.07) is 7.34. The quantitative estimate of drug-likeness (QED) is 0.0791. The average Bonchev–Trinajstić information content (AvgIpc) is 3.23. The van der Waals surface area contributed by atoms with Crippen molar-refractivity contribution < 1.29 is 57.8 Å². The molecular weight excluding hydrogens is 674 g/mol. The molecule has 0 radical (unpaired) electrons. The highest BCUT2D eigenvalue weighted by molar-refractivity contribution is 5.84. The summed E-state index contributed by atoms with van der Waals surface area (Å²) in [5.41, 5.74) is 6.25. The van der Waals surface area contributed by atoms with Crippen LogP contribution in [0.15, 0.2) is 59.8 Å². The van der Waals surface area contributed by atoms with E-state index in [-0.39, 0.29) is 18.6 Å². The molecule has 1 heterocycles. The lowest BCUT2D eigenvalue weighted by Crippen LogP contribution is -2.58. The normalized spacial score (nSPS) is 21.9. The first-order valence-electron chi connectivity index (χ1n) is 17.3. The SMILES string of the molecule is COc1cc2c(c(OC)c1OC)-c1ccc(O[C@H]3O[C@H](COOC=C(C)C)[C@@H](OOC=C(C)C)[C@H](OOC=C(C)C)[C@H]3C)cc1[C@@H](NC(C)=O)CC2. The molecule has 2 aromatic carbocycles. The van der Waals surface area contributed by atoms with Crippen molar-refractivity contribution in [3.63, 3.8) is 0 Å². The molecule has 0 aromatic heterocycles. The molecule has 1 aliphatic carbocycles. The van der Waals surface area contributed by atoms with E-state index in [1.165, 1.54) is 25.7 Å². The molecule has 0 bridgehead atoms. The fourth-order valence-corrected chi connectivity index (χ4v) is 5.99. The number of carbonyl (C=O) groups excluding carboxylic acids is 1. The van der Waals surface area contributed by atoms with Gasteiger partial charge in [0.25, 0.3) is 0 Å². The van der Waals surface area contributed by atoms with Gasteiger partial charge in [-0.15, -0.1) is 0 Å². The van der Waals surface area contributed by atoms with E-state index >= 15 is 0 Å². The topological polar surface area (TPSA) is 131 Å². The van der Waals surface area contributed by atoms with Crippen molar-refractivity contribution >= 4 is 5.91 Å². The van der Waals surface area contributed by atoms with E-state index < -0.39 is 30.5 Å². The molecule has 1 N–H and O–H groups in total. The van der Waals surface area contributed by atoms with Crippen LogP contribution in [0.25, 0.3) is 11.1 Å². The van der Waals surface area contributed by atoms with Gasteiger partial charge in [0, 0.05) is 12.5 Å². The summed E-state index contributed by atoms with van der Waals surface area (Å²) < 4.78 is 30.4. The van der Waals surface area contributed by atoms with E-state index in [1.54, 1.807) is 21.3 Å². The molecule has 1 aliphatic heterocycles. The summed E-state index contributed by atoms with van der Waals surface area (Å²) >= 11 is 0. The number of benzene rings is 2. The van der Waals surface area contributed by atoms with E-state index in [1.807, 2.05) is 72.7 Å². The van der Waals surface area contributed by atoms with Crippen molar-refractivity contribution in [1.82, 2.24) is 5.32 Å². The number of ether oxygens (including phenoxy) is 5. The minimum Gasteiger partial charge on any atom is -0.493 e. The highest BCUT2D eigenvalue weighted by Crippen LogP contribution is 2.51. The Balaban J connectivity index is 1.75. The van der Waals surface area contributed by atoms with Crippen LogP contribution in [0.2, 0.25) is 0 Å². The summed E-state index contributed by atoms with van der Waals surface area (Å²) in [5.74, 6) is 1.46. The van der Waals surface area contributed by atoms with Crippen molar-refractivity contribution in [3.05, 3.63) is 70.9 Å². The zero-order chi connectivity index (χ0) is 37.9. The molecule has 52 heavy (non-hydrogen) atoms. The smallest absolute Gasteiger partial charge is 0.217 e. The lowest BCUT2D eigenvalue weighted by Gasteiger charge is -2.42. The Labute approximate surface area is 306 Å². The van der Waals surface area contributed by atoms with Gasteiger partial charge in [0.05, 0.1) is 33.3 Å². The molecule has 286 valence electrons. The predicted octanol–water partition coefficient (Wildman–Crippen LogP) is 7.60. The second-order valence-electron chi connectivity index (χ2n) is 13.5. The molecule has 13 nitrogen and oxygen atoms in total. The summed E-state index contributed by atoms with van der Waals surface area (Å²) in [6.07, 6.45) is 2.51. The molecule has 1 fully saturated rings. The number of amides is 1. The van der Waals surface area contributed by atoms with Gasteiger partial charge in [-0.05, 0) is 106 Å². The number of aryl methyl sites for hydroxylation is 1. The van der Waals surface area contributed by atoms with Crippen LogP contribution in [-0.2, 0) is 45.3 Å². The van der Waals surface area contributed by atoms with E-state index in [0.717, 1.165) is 39.0 Å². The van der Waals surface area contributed by atoms with Crippen LogP contribution in [0.5, 0.6) is 23.0 Å². The fourth-order valence-electron chi connectivity index (χ4n) is 5.99. The maximum atomic E-state index is 12.5. The summed E-state index contributed by atoms with van der Waals surface area (Å²) in [5, 5.41) is 3.12. The third kappa shape index (κ3) is 10.1. The number of rotatable bonds is 16. The predicted molar refractivity (Wildman–Crippen MR) is 192 cm³/mol. The van der Waals surface area contributed by atoms with Crippen LogP contribution >= 0.6 is 0 Å². The first kappa shape index (κ1) is 40.3. The molecular formula is C39H53NO12. The number of fused-ring (bicyclic) bond motifs is 3. The minimum atomic E-state index is -0.866. The van der Waals surface area contributed by atoms with Crippen LogP contribution in [0, 0.1) is 5.92 Å². The van der Waals surface area contributed by atoms with Gasteiger partial charge in [-0.25, -0.2) is 0 Å². The Morgan fingerprint density at radius 3 is 2.06 bits per heavy atom. The maximum Gasteiger partial charge on any atom is 0.217 e. The van der Waals surface area contributed by atoms with Crippen LogP contribution in [0.3, 0.4) is 0 Å². The monoisotopic (exact) mass is 727 g/mol. The molecule has 1 amide bonds. The molecule has 2 aliphatic rings. The third-order valence-corrected chi connectivity index (χ3v) is 8.34. The van der Waals surface area contributed by atoms with Crippen molar-refractivity contribution in [2.45, 2.75) is 98.9 Å². The van der Waals surface area contributed by atoms with Gasteiger partial charge in [0.2, 0.25) is 17.9 Å². The largest absolute Gasteiger partial charge is 0.493 e. The lowest BCUT2D eigenvalue weighted by molar-refractivity contribution is -0.418. The second-order valence-corrected chi connectivity index (χ2v) is 13.5. The summed E-state index contributed by atoms with van der Waals surface area (Å²) in [7, 11) is 4.76. The second kappa shape index (κ2) is 18.9. The van der Waals surface area contributed by atoms with Gasteiger partial charge in [0.1, 0.15) is 43.4 Å². The van der Waals surface area contributed by atoms with Gasteiger partial charge in [-0.2, -0.15) is 14.7 Å². The van der Waals surface area contributed by atoms with E-state index in [2.05, 4.69) is 5.32 Å². The number of hydrogen-bond acceptors (Lipinski definition) is 12. The summed E-state index contributed by atoms with van der Waals surface area (Å²) in [6.45, 7) is 14.7. The van der Waals surface area contributed by atoms with Gasteiger partial charge >= 0.3 is 0 Å². The summed E-state index contributed by atoms with van der Waals surface area (Å²) in [4.78, 5) is 46.0. The minimum absolute atomic E-state index is 0.0572. The van der Waals surface area contributed by atoms with Crippen LogP contribution in [0.4, 0.5) is 0 Å². The standard InChI is InChI=1S/C39H53NO12/c1-22(2)18-45-46-21-33-37(52-48-20-24(5)6)35(51-47-19-23(3)4)25(7)39(50-33)49-28-13-14-29-30(17-28)31(40-26(8)41)15-12-27-16-32(42-9)36(43-10)38(44-11)34(27)29/h13-14,16-20,25,31,33,35,37,39H,12,15,21H2,1-11H3,(H,40,41)/t25-,31+,33-,35-,37-,39+/m1/s1. The van der Waals surface area contributed by atoms with Crippen LogP contribution < -0.4 is 24.3 Å².